The molecule has 5 unspecified atom stereocenters. The number of hydrogen-bond acceptors (Lipinski definition) is 3. The van der Waals surface area contributed by atoms with Crippen molar-refractivity contribution in [2.75, 3.05) is 0 Å². The minimum atomic E-state index is -0.272. The number of hydrogen-bond donors (Lipinski definition) is 1. The van der Waals surface area contributed by atoms with Gasteiger partial charge in [-0.05, 0) is 57.3 Å². The Morgan fingerprint density at radius 3 is 2.26 bits per heavy atom. The Bertz CT molecular complexity index is 406. The first kappa shape index (κ1) is 18.6. The second kappa shape index (κ2) is 8.96. The molecule has 1 N–H and O–H groups in total. The van der Waals surface area contributed by atoms with E-state index in [1.807, 2.05) is 0 Å². The summed E-state index contributed by atoms with van der Waals surface area (Å²) >= 11 is 0. The van der Waals surface area contributed by atoms with Crippen LogP contribution in [0.5, 0.6) is 0 Å². The molecular weight excluding hydrogens is 286 g/mol. The molecule has 0 aromatic heterocycles. The topological polar surface area (TPSA) is 46.2 Å². The molecule has 23 heavy (non-hydrogen) atoms. The first-order valence-electron chi connectivity index (χ1n) is 9.70. The zero-order valence-electron chi connectivity index (χ0n) is 15.3. The number of nitrogens with one attached hydrogen (secondary N) is 1. The Labute approximate surface area is 142 Å². The summed E-state index contributed by atoms with van der Waals surface area (Å²) in [6, 6.07) is 0.147. The number of carbonyl (C=O) groups is 2. The predicted octanol–water partition coefficient (Wildman–Crippen LogP) is 4.29. The number of rotatable bonds is 7. The van der Waals surface area contributed by atoms with Crippen LogP contribution < -0.4 is 5.32 Å². The summed E-state index contributed by atoms with van der Waals surface area (Å²) in [5.74, 6) is 2.83. The van der Waals surface area contributed by atoms with Crippen molar-refractivity contribution >= 4 is 11.6 Å². The lowest BCUT2D eigenvalue weighted by Crippen LogP contribution is -2.45. The minimum absolute atomic E-state index is 0.0984. The van der Waals surface area contributed by atoms with Crippen LogP contribution in [0.15, 0.2) is 0 Å². The minimum Gasteiger partial charge on any atom is -0.304 e. The Kier molecular flexibility index (Phi) is 7.26. The summed E-state index contributed by atoms with van der Waals surface area (Å²) in [5, 5.41) is 3.49. The lowest BCUT2D eigenvalue weighted by Gasteiger charge is -2.35. The maximum atomic E-state index is 11.8. The highest BCUT2D eigenvalue weighted by Crippen LogP contribution is 2.37. The third kappa shape index (κ3) is 6.37. The Morgan fingerprint density at radius 1 is 1.00 bits per heavy atom. The zero-order valence-corrected chi connectivity index (χ0v) is 15.3. The summed E-state index contributed by atoms with van der Waals surface area (Å²) in [5.41, 5.74) is 0. The van der Waals surface area contributed by atoms with Gasteiger partial charge in [-0.2, -0.15) is 0 Å². The average Bonchev–Trinajstić information content (AvgIpc) is 2.46. The van der Waals surface area contributed by atoms with E-state index in [1.165, 1.54) is 51.4 Å². The van der Waals surface area contributed by atoms with E-state index in [9.17, 15) is 9.59 Å². The van der Waals surface area contributed by atoms with Gasteiger partial charge in [-0.1, -0.05) is 39.0 Å². The first-order chi connectivity index (χ1) is 10.9. The van der Waals surface area contributed by atoms with E-state index in [0.29, 0.717) is 12.5 Å². The predicted molar refractivity (Wildman–Crippen MR) is 94.4 cm³/mol. The van der Waals surface area contributed by atoms with Gasteiger partial charge in [-0.25, -0.2) is 0 Å². The lowest BCUT2D eigenvalue weighted by atomic mass is 9.74. The molecule has 3 nitrogen and oxygen atoms in total. The van der Waals surface area contributed by atoms with Crippen LogP contribution in [0.25, 0.3) is 0 Å². The van der Waals surface area contributed by atoms with Crippen LogP contribution in [-0.2, 0) is 9.59 Å². The van der Waals surface area contributed by atoms with E-state index in [1.54, 1.807) is 13.8 Å². The van der Waals surface area contributed by atoms with Crippen molar-refractivity contribution in [1.82, 2.24) is 5.32 Å². The SMILES string of the molecule is CC(=O)CC(NC1CCCC(CC2CCCC(C)C2)C1)C(C)=O. The molecule has 0 bridgehead atoms. The largest absolute Gasteiger partial charge is 0.304 e. The van der Waals surface area contributed by atoms with Crippen molar-refractivity contribution in [3.8, 4) is 0 Å². The third-order valence-electron chi connectivity index (χ3n) is 5.91. The van der Waals surface area contributed by atoms with Gasteiger partial charge in [0.25, 0.3) is 0 Å². The maximum Gasteiger partial charge on any atom is 0.147 e. The zero-order chi connectivity index (χ0) is 16.8. The molecule has 0 aromatic carbocycles. The van der Waals surface area contributed by atoms with Gasteiger partial charge in [0.05, 0.1) is 6.04 Å². The molecule has 0 spiro atoms. The highest BCUT2D eigenvalue weighted by molar-refractivity contribution is 5.88. The normalized spacial score (nSPS) is 33.2. The average molecular weight is 322 g/mol. The van der Waals surface area contributed by atoms with Gasteiger partial charge in [0.2, 0.25) is 0 Å². The first-order valence-corrected chi connectivity index (χ1v) is 9.70. The van der Waals surface area contributed by atoms with Crippen LogP contribution >= 0.6 is 0 Å². The van der Waals surface area contributed by atoms with Gasteiger partial charge in [0.15, 0.2) is 0 Å². The summed E-state index contributed by atoms with van der Waals surface area (Å²) in [4.78, 5) is 23.1. The van der Waals surface area contributed by atoms with Crippen molar-refractivity contribution in [1.29, 1.82) is 0 Å². The Balaban J connectivity index is 1.82. The second-order valence-electron chi connectivity index (χ2n) is 8.34. The third-order valence-corrected chi connectivity index (χ3v) is 5.91. The van der Waals surface area contributed by atoms with Crippen LogP contribution in [0.3, 0.4) is 0 Å². The molecule has 5 atom stereocenters. The fourth-order valence-corrected chi connectivity index (χ4v) is 4.79. The van der Waals surface area contributed by atoms with E-state index < -0.39 is 0 Å². The molecule has 2 saturated carbocycles. The fraction of sp³-hybridized carbons (Fsp3) is 0.900. The highest BCUT2D eigenvalue weighted by Gasteiger charge is 2.29. The second-order valence-corrected chi connectivity index (χ2v) is 8.34. The number of ketones is 2. The van der Waals surface area contributed by atoms with Gasteiger partial charge in [0.1, 0.15) is 11.6 Å². The maximum absolute atomic E-state index is 11.8. The molecule has 0 aromatic rings. The Hall–Kier alpha value is -0.700. The van der Waals surface area contributed by atoms with E-state index in [4.69, 9.17) is 0 Å². The summed E-state index contributed by atoms with van der Waals surface area (Å²) in [7, 11) is 0. The van der Waals surface area contributed by atoms with Crippen molar-refractivity contribution in [2.45, 2.75) is 97.1 Å². The van der Waals surface area contributed by atoms with Crippen LogP contribution in [0.2, 0.25) is 0 Å². The van der Waals surface area contributed by atoms with Gasteiger partial charge in [-0.15, -0.1) is 0 Å². The summed E-state index contributed by atoms with van der Waals surface area (Å²) in [6.45, 7) is 5.58. The molecule has 2 rings (SSSR count). The molecule has 2 aliphatic carbocycles. The molecule has 0 saturated heterocycles. The molecule has 0 amide bonds. The molecular formula is C20H35NO2. The van der Waals surface area contributed by atoms with Crippen LogP contribution in [0.1, 0.15) is 85.0 Å². The van der Waals surface area contributed by atoms with Crippen LogP contribution in [0, 0.1) is 17.8 Å². The molecule has 3 heteroatoms. The van der Waals surface area contributed by atoms with E-state index in [0.717, 1.165) is 24.2 Å². The fourth-order valence-electron chi connectivity index (χ4n) is 4.79. The molecule has 0 heterocycles. The van der Waals surface area contributed by atoms with Gasteiger partial charge in [0, 0.05) is 12.5 Å². The van der Waals surface area contributed by atoms with Crippen LogP contribution in [0.4, 0.5) is 0 Å². The van der Waals surface area contributed by atoms with Crippen molar-refractivity contribution in [3.63, 3.8) is 0 Å². The summed E-state index contributed by atoms with van der Waals surface area (Å²) in [6.07, 6.45) is 12.3. The van der Waals surface area contributed by atoms with Gasteiger partial charge < -0.3 is 5.32 Å². The van der Waals surface area contributed by atoms with Gasteiger partial charge in [-0.3, -0.25) is 9.59 Å². The Morgan fingerprint density at radius 2 is 1.65 bits per heavy atom. The van der Waals surface area contributed by atoms with Crippen molar-refractivity contribution < 1.29 is 9.59 Å². The van der Waals surface area contributed by atoms with Crippen molar-refractivity contribution in [2.24, 2.45) is 17.8 Å². The smallest absolute Gasteiger partial charge is 0.147 e. The molecule has 2 fully saturated rings. The number of carbonyl (C=O) groups excluding carboxylic acids is 2. The summed E-state index contributed by atoms with van der Waals surface area (Å²) < 4.78 is 0. The van der Waals surface area contributed by atoms with E-state index in [-0.39, 0.29) is 17.6 Å². The molecule has 0 aliphatic heterocycles. The molecule has 0 radical (unpaired) electrons. The lowest BCUT2D eigenvalue weighted by molar-refractivity contribution is -0.124. The van der Waals surface area contributed by atoms with Crippen LogP contribution in [-0.4, -0.2) is 23.7 Å². The molecule has 2 aliphatic rings. The monoisotopic (exact) mass is 321 g/mol. The standard InChI is InChI=1S/C20H35NO2/c1-14-6-4-7-17(10-14)12-18-8-5-9-19(13-18)21-20(16(3)23)11-15(2)22/h14,17-21H,4-13H2,1-3H3. The van der Waals surface area contributed by atoms with E-state index >= 15 is 0 Å². The van der Waals surface area contributed by atoms with Crippen molar-refractivity contribution in [3.05, 3.63) is 0 Å². The van der Waals surface area contributed by atoms with E-state index in [2.05, 4.69) is 12.2 Å². The number of Topliss-reactive ketones (excluding diaryl/α,β-unsaturated/α-hetero) is 2. The quantitative estimate of drug-likeness (QED) is 0.761. The molecule has 132 valence electrons. The highest BCUT2D eigenvalue weighted by atomic mass is 16.1. The van der Waals surface area contributed by atoms with Gasteiger partial charge >= 0.3 is 0 Å².